The van der Waals surface area contributed by atoms with Gasteiger partial charge in [-0.15, -0.1) is 10.2 Å². The molecule has 1 saturated heterocycles. The summed E-state index contributed by atoms with van der Waals surface area (Å²) in [5.74, 6) is 1.23. The number of rotatable bonds is 9. The molecule has 7 heteroatoms. The van der Waals surface area contributed by atoms with E-state index in [9.17, 15) is 4.79 Å². The molecule has 3 aromatic carbocycles. The zero-order valence-electron chi connectivity index (χ0n) is 20.4. The zero-order chi connectivity index (χ0) is 24.6. The number of hydrogen-bond donors (Lipinski definition) is 0. The maximum absolute atomic E-state index is 13.5. The molecule has 0 aliphatic carbocycles. The minimum Gasteiger partial charge on any atom is -0.307 e. The Morgan fingerprint density at radius 3 is 2.14 bits per heavy atom. The summed E-state index contributed by atoms with van der Waals surface area (Å²) >= 11 is 1.45. The van der Waals surface area contributed by atoms with E-state index in [0.29, 0.717) is 6.54 Å². The standard InChI is InChI=1S/C29H31N5OS/c35-28(33(25-15-7-2-8-16-25)21-24-13-5-1-6-14-24)23-36-29-31-30-27(22-32-19-11-4-12-20-32)34(29)26-17-9-3-10-18-26/h1-3,5-10,13-18H,4,11-12,19-23H2. The van der Waals surface area contributed by atoms with Crippen molar-refractivity contribution in [1.82, 2.24) is 19.7 Å². The number of carbonyl (C=O) groups is 1. The summed E-state index contributed by atoms with van der Waals surface area (Å²) < 4.78 is 2.11. The third-order valence-electron chi connectivity index (χ3n) is 6.41. The van der Waals surface area contributed by atoms with Crippen LogP contribution in [0.4, 0.5) is 5.69 Å². The Morgan fingerprint density at radius 1 is 0.806 bits per heavy atom. The molecule has 0 N–H and O–H groups in total. The quantitative estimate of drug-likeness (QED) is 0.283. The molecule has 0 atom stereocenters. The van der Waals surface area contributed by atoms with Crippen LogP contribution in [-0.4, -0.2) is 44.4 Å². The number of aromatic nitrogens is 3. The first-order chi connectivity index (χ1) is 17.8. The SMILES string of the molecule is O=C(CSc1nnc(CN2CCCCC2)n1-c1ccccc1)N(Cc1ccccc1)c1ccccc1. The topological polar surface area (TPSA) is 54.3 Å². The number of para-hydroxylation sites is 2. The highest BCUT2D eigenvalue weighted by Crippen LogP contribution is 2.25. The number of amides is 1. The molecule has 1 aromatic heterocycles. The van der Waals surface area contributed by atoms with Crippen LogP contribution in [0, 0.1) is 0 Å². The van der Waals surface area contributed by atoms with E-state index in [1.807, 2.05) is 71.6 Å². The van der Waals surface area contributed by atoms with Crippen LogP contribution in [0.3, 0.4) is 0 Å². The molecule has 4 aromatic rings. The molecule has 2 heterocycles. The van der Waals surface area contributed by atoms with E-state index in [1.165, 1.54) is 31.0 Å². The largest absolute Gasteiger partial charge is 0.307 e. The minimum atomic E-state index is 0.0373. The molecule has 36 heavy (non-hydrogen) atoms. The molecule has 0 saturated carbocycles. The molecule has 1 amide bonds. The van der Waals surface area contributed by atoms with Gasteiger partial charge in [0.05, 0.1) is 18.8 Å². The molecule has 0 bridgehead atoms. The van der Waals surface area contributed by atoms with Crippen molar-refractivity contribution in [3.63, 3.8) is 0 Å². The van der Waals surface area contributed by atoms with Crippen molar-refractivity contribution in [2.45, 2.75) is 37.5 Å². The summed E-state index contributed by atoms with van der Waals surface area (Å²) in [6.07, 6.45) is 3.75. The number of nitrogens with zero attached hydrogens (tertiary/aromatic N) is 5. The molecular weight excluding hydrogens is 466 g/mol. The van der Waals surface area contributed by atoms with E-state index in [1.54, 1.807) is 0 Å². The highest BCUT2D eigenvalue weighted by Gasteiger charge is 2.22. The van der Waals surface area contributed by atoms with E-state index in [2.05, 4.69) is 43.9 Å². The molecule has 1 fully saturated rings. The van der Waals surface area contributed by atoms with Crippen LogP contribution in [0.2, 0.25) is 0 Å². The fourth-order valence-electron chi connectivity index (χ4n) is 4.55. The first kappa shape index (κ1) is 24.3. The maximum Gasteiger partial charge on any atom is 0.237 e. The monoisotopic (exact) mass is 497 g/mol. The first-order valence-corrected chi connectivity index (χ1v) is 13.5. The Hall–Kier alpha value is -3.42. The molecule has 1 aliphatic heterocycles. The molecular formula is C29H31N5OS. The number of hydrogen-bond acceptors (Lipinski definition) is 5. The van der Waals surface area contributed by atoms with Gasteiger partial charge in [-0.25, -0.2) is 0 Å². The summed E-state index contributed by atoms with van der Waals surface area (Å²) in [4.78, 5) is 17.8. The van der Waals surface area contributed by atoms with Gasteiger partial charge in [0.2, 0.25) is 5.91 Å². The van der Waals surface area contributed by atoms with Crippen LogP contribution in [0.15, 0.2) is 96.2 Å². The number of carbonyl (C=O) groups excluding carboxylic acids is 1. The second kappa shape index (κ2) is 12.0. The lowest BCUT2D eigenvalue weighted by molar-refractivity contribution is -0.116. The van der Waals surface area contributed by atoms with E-state index >= 15 is 0 Å². The van der Waals surface area contributed by atoms with Gasteiger partial charge < -0.3 is 4.90 Å². The predicted molar refractivity (Wildman–Crippen MR) is 145 cm³/mol. The van der Waals surface area contributed by atoms with Gasteiger partial charge in [-0.2, -0.15) is 0 Å². The predicted octanol–water partition coefficient (Wildman–Crippen LogP) is 5.58. The lowest BCUT2D eigenvalue weighted by Crippen LogP contribution is -2.32. The van der Waals surface area contributed by atoms with Gasteiger partial charge in [0.15, 0.2) is 11.0 Å². The van der Waals surface area contributed by atoms with Crippen molar-refractivity contribution in [1.29, 1.82) is 0 Å². The average Bonchev–Trinajstić information content (AvgIpc) is 3.34. The average molecular weight is 498 g/mol. The van der Waals surface area contributed by atoms with Gasteiger partial charge in [0, 0.05) is 11.4 Å². The molecule has 0 unspecified atom stereocenters. The Bertz CT molecular complexity index is 1240. The van der Waals surface area contributed by atoms with Gasteiger partial charge in [0.1, 0.15) is 0 Å². The fourth-order valence-corrected chi connectivity index (χ4v) is 5.40. The van der Waals surface area contributed by atoms with Gasteiger partial charge >= 0.3 is 0 Å². The Morgan fingerprint density at radius 2 is 1.44 bits per heavy atom. The van der Waals surface area contributed by atoms with Gasteiger partial charge in [0.25, 0.3) is 0 Å². The molecule has 1 aliphatic rings. The lowest BCUT2D eigenvalue weighted by Gasteiger charge is -2.26. The number of benzene rings is 3. The Kier molecular flexibility index (Phi) is 8.10. The maximum atomic E-state index is 13.5. The van der Waals surface area contributed by atoms with Crippen LogP contribution >= 0.6 is 11.8 Å². The summed E-state index contributed by atoms with van der Waals surface area (Å²) in [5.41, 5.74) is 3.01. The Labute approximate surface area is 217 Å². The van der Waals surface area contributed by atoms with Crippen molar-refractivity contribution in [2.24, 2.45) is 0 Å². The Balaban J connectivity index is 1.36. The van der Waals surface area contributed by atoms with Crippen molar-refractivity contribution in [2.75, 3.05) is 23.7 Å². The summed E-state index contributed by atoms with van der Waals surface area (Å²) in [6.45, 7) is 3.47. The van der Waals surface area contributed by atoms with E-state index < -0.39 is 0 Å². The van der Waals surface area contributed by atoms with E-state index in [4.69, 9.17) is 0 Å². The molecule has 5 rings (SSSR count). The third-order valence-corrected chi connectivity index (χ3v) is 7.32. The first-order valence-electron chi connectivity index (χ1n) is 12.5. The number of likely N-dealkylation sites (tertiary alicyclic amines) is 1. The normalized spacial score (nSPS) is 14.0. The van der Waals surface area contributed by atoms with Crippen LogP contribution in [0.1, 0.15) is 30.7 Å². The second-order valence-electron chi connectivity index (χ2n) is 9.00. The zero-order valence-corrected chi connectivity index (χ0v) is 21.2. The highest BCUT2D eigenvalue weighted by atomic mass is 32.2. The highest BCUT2D eigenvalue weighted by molar-refractivity contribution is 7.99. The van der Waals surface area contributed by atoms with Crippen molar-refractivity contribution in [3.05, 3.63) is 102 Å². The van der Waals surface area contributed by atoms with Crippen molar-refractivity contribution in [3.8, 4) is 5.69 Å². The lowest BCUT2D eigenvalue weighted by atomic mass is 10.1. The van der Waals surface area contributed by atoms with Gasteiger partial charge in [-0.1, -0.05) is 84.9 Å². The second-order valence-corrected chi connectivity index (χ2v) is 9.94. The van der Waals surface area contributed by atoms with Crippen molar-refractivity contribution >= 4 is 23.4 Å². The van der Waals surface area contributed by atoms with Crippen molar-refractivity contribution < 1.29 is 4.79 Å². The summed E-state index contributed by atoms with van der Waals surface area (Å²) in [5, 5.41) is 9.83. The minimum absolute atomic E-state index is 0.0373. The third kappa shape index (κ3) is 6.04. The number of piperidine rings is 1. The molecule has 184 valence electrons. The van der Waals surface area contributed by atoms with Crippen LogP contribution in [-0.2, 0) is 17.9 Å². The van der Waals surface area contributed by atoms with Crippen LogP contribution in [0.5, 0.6) is 0 Å². The number of anilines is 1. The smallest absolute Gasteiger partial charge is 0.237 e. The van der Waals surface area contributed by atoms with E-state index in [-0.39, 0.29) is 11.7 Å². The summed E-state index contributed by atoms with van der Waals surface area (Å²) in [7, 11) is 0. The molecule has 0 radical (unpaired) electrons. The molecule has 6 nitrogen and oxygen atoms in total. The number of thioether (sulfide) groups is 1. The summed E-state index contributed by atoms with van der Waals surface area (Å²) in [6, 6.07) is 30.2. The molecule has 0 spiro atoms. The van der Waals surface area contributed by atoms with Gasteiger partial charge in [-0.05, 0) is 55.8 Å². The van der Waals surface area contributed by atoms with E-state index in [0.717, 1.165) is 47.6 Å². The van der Waals surface area contributed by atoms with Crippen LogP contribution < -0.4 is 4.90 Å². The fraction of sp³-hybridized carbons (Fsp3) is 0.276. The van der Waals surface area contributed by atoms with Gasteiger partial charge in [-0.3, -0.25) is 14.3 Å². The van der Waals surface area contributed by atoms with Crippen LogP contribution in [0.25, 0.3) is 5.69 Å².